The van der Waals surface area contributed by atoms with Crippen LogP contribution in [0.3, 0.4) is 0 Å². The number of rotatable bonds is 5. The van der Waals surface area contributed by atoms with Crippen molar-refractivity contribution in [3.8, 4) is 0 Å². The van der Waals surface area contributed by atoms with Gasteiger partial charge in [-0.1, -0.05) is 13.0 Å². The summed E-state index contributed by atoms with van der Waals surface area (Å²) in [6.07, 6.45) is 1.12. The largest absolute Gasteiger partial charge is 0.354 e. The summed E-state index contributed by atoms with van der Waals surface area (Å²) in [5.74, 6) is 0.253. The highest BCUT2D eigenvalue weighted by Crippen LogP contribution is 2.29. The fraction of sp³-hybridized carbons (Fsp3) is 0.562. The van der Waals surface area contributed by atoms with Crippen molar-refractivity contribution in [3.63, 3.8) is 0 Å². The topological polar surface area (TPSA) is 39.7 Å². The van der Waals surface area contributed by atoms with Crippen LogP contribution in [0, 0.1) is 17.6 Å². The second-order valence-corrected chi connectivity index (χ2v) is 6.03. The molecule has 122 valence electrons. The summed E-state index contributed by atoms with van der Waals surface area (Å²) in [5.41, 5.74) is 0.0789. The molecule has 0 heterocycles. The van der Waals surface area contributed by atoms with E-state index < -0.39 is 17.7 Å². The molecule has 1 aliphatic rings. The molecular weight excluding hydrogens is 286 g/mol. The molecule has 0 aromatic heterocycles. The molecule has 0 amide bonds. The Morgan fingerprint density at radius 3 is 2.41 bits per heavy atom. The van der Waals surface area contributed by atoms with Crippen molar-refractivity contribution in [2.24, 2.45) is 10.9 Å². The molecule has 4 nitrogen and oxygen atoms in total. The number of benzene rings is 1. The van der Waals surface area contributed by atoms with Gasteiger partial charge >= 0.3 is 0 Å². The standard InChI is InChI=1S/C16H24F2N4/c1-10-8-13(10)21-16(19-2)20-9-14(22(3)4)15-11(17)6-5-7-12(15)18/h5-7,10,13-14H,8-9H2,1-4H3,(H2,19,20,21). The molecule has 3 unspecified atom stereocenters. The zero-order chi connectivity index (χ0) is 16.3. The first-order chi connectivity index (χ1) is 10.4. The molecule has 22 heavy (non-hydrogen) atoms. The van der Waals surface area contributed by atoms with E-state index >= 15 is 0 Å². The van der Waals surface area contributed by atoms with E-state index in [-0.39, 0.29) is 5.56 Å². The van der Waals surface area contributed by atoms with Crippen LogP contribution in [-0.4, -0.2) is 44.6 Å². The Balaban J connectivity index is 2.06. The lowest BCUT2D eigenvalue weighted by Gasteiger charge is -2.26. The predicted molar refractivity (Wildman–Crippen MR) is 84.9 cm³/mol. The third kappa shape index (κ3) is 3.94. The summed E-state index contributed by atoms with van der Waals surface area (Å²) in [7, 11) is 5.30. The van der Waals surface area contributed by atoms with Gasteiger partial charge in [-0.25, -0.2) is 8.78 Å². The van der Waals surface area contributed by atoms with E-state index in [1.165, 1.54) is 18.2 Å². The van der Waals surface area contributed by atoms with Gasteiger partial charge in [-0.05, 0) is 38.6 Å². The smallest absolute Gasteiger partial charge is 0.191 e. The van der Waals surface area contributed by atoms with Crippen molar-refractivity contribution in [1.29, 1.82) is 0 Å². The van der Waals surface area contributed by atoms with Crippen LogP contribution < -0.4 is 10.6 Å². The van der Waals surface area contributed by atoms with Gasteiger partial charge in [0.25, 0.3) is 0 Å². The van der Waals surface area contributed by atoms with Gasteiger partial charge in [0.15, 0.2) is 5.96 Å². The molecule has 0 aliphatic heterocycles. The van der Waals surface area contributed by atoms with Crippen LogP contribution >= 0.6 is 0 Å². The highest BCUT2D eigenvalue weighted by molar-refractivity contribution is 5.80. The molecule has 2 rings (SSSR count). The lowest BCUT2D eigenvalue weighted by molar-refractivity contribution is 0.282. The number of hydrogen-bond donors (Lipinski definition) is 2. The number of nitrogens with one attached hydrogen (secondary N) is 2. The Labute approximate surface area is 130 Å². The molecular formula is C16H24F2N4. The third-order valence-electron chi connectivity index (χ3n) is 4.07. The van der Waals surface area contributed by atoms with Gasteiger partial charge in [-0.2, -0.15) is 0 Å². The minimum Gasteiger partial charge on any atom is -0.354 e. The summed E-state index contributed by atoms with van der Waals surface area (Å²) < 4.78 is 28.0. The van der Waals surface area contributed by atoms with Crippen LogP contribution in [0.1, 0.15) is 24.9 Å². The summed E-state index contributed by atoms with van der Waals surface area (Å²) in [4.78, 5) is 5.95. The van der Waals surface area contributed by atoms with Crippen molar-refractivity contribution in [2.45, 2.75) is 25.4 Å². The van der Waals surface area contributed by atoms with E-state index in [9.17, 15) is 8.78 Å². The van der Waals surface area contributed by atoms with Gasteiger partial charge in [-0.3, -0.25) is 4.99 Å². The zero-order valence-electron chi connectivity index (χ0n) is 13.5. The normalized spacial score (nSPS) is 22.6. The number of guanidine groups is 1. The average Bonchev–Trinajstić information content (AvgIpc) is 3.15. The molecule has 0 saturated heterocycles. The van der Waals surface area contributed by atoms with Gasteiger partial charge in [0.05, 0.1) is 6.04 Å². The molecule has 6 heteroatoms. The van der Waals surface area contributed by atoms with Gasteiger partial charge < -0.3 is 15.5 Å². The van der Waals surface area contributed by atoms with Crippen molar-refractivity contribution in [3.05, 3.63) is 35.4 Å². The first-order valence-corrected chi connectivity index (χ1v) is 7.51. The molecule has 3 atom stereocenters. The molecule has 1 aromatic rings. The fourth-order valence-corrected chi connectivity index (χ4v) is 2.46. The maximum Gasteiger partial charge on any atom is 0.191 e. The Bertz CT molecular complexity index is 525. The van der Waals surface area contributed by atoms with Crippen molar-refractivity contribution in [2.75, 3.05) is 27.7 Å². The van der Waals surface area contributed by atoms with Crippen molar-refractivity contribution < 1.29 is 8.78 Å². The summed E-state index contributed by atoms with van der Waals surface area (Å²) in [6, 6.07) is 3.97. The molecule has 0 bridgehead atoms. The molecule has 1 fully saturated rings. The molecule has 1 aliphatic carbocycles. The maximum absolute atomic E-state index is 14.0. The second kappa shape index (κ2) is 7.05. The minimum absolute atomic E-state index is 0.0789. The first kappa shape index (κ1) is 16.7. The van der Waals surface area contributed by atoms with E-state index in [1.54, 1.807) is 26.0 Å². The predicted octanol–water partition coefficient (Wildman–Crippen LogP) is 2.14. The molecule has 1 aromatic carbocycles. The van der Waals surface area contributed by atoms with Crippen LogP contribution in [-0.2, 0) is 0 Å². The highest BCUT2D eigenvalue weighted by atomic mass is 19.1. The molecule has 0 spiro atoms. The average molecular weight is 310 g/mol. The SMILES string of the molecule is CN=C(NCC(c1c(F)cccc1F)N(C)C)NC1CC1C. The van der Waals surface area contributed by atoms with Crippen LogP contribution in [0.4, 0.5) is 8.78 Å². The first-order valence-electron chi connectivity index (χ1n) is 7.51. The lowest BCUT2D eigenvalue weighted by atomic mass is 10.0. The van der Waals surface area contributed by atoms with Gasteiger partial charge in [-0.15, -0.1) is 0 Å². The zero-order valence-corrected chi connectivity index (χ0v) is 13.5. The second-order valence-electron chi connectivity index (χ2n) is 6.03. The molecule has 2 N–H and O–H groups in total. The Morgan fingerprint density at radius 2 is 1.95 bits per heavy atom. The van der Waals surface area contributed by atoms with Crippen molar-refractivity contribution in [1.82, 2.24) is 15.5 Å². The Kier molecular flexibility index (Phi) is 5.34. The molecule has 1 saturated carbocycles. The molecule has 0 radical (unpaired) electrons. The van der Waals surface area contributed by atoms with E-state index in [0.29, 0.717) is 24.5 Å². The number of likely N-dealkylation sites (N-methyl/N-ethyl adjacent to an activating group) is 1. The summed E-state index contributed by atoms with van der Waals surface area (Å²) >= 11 is 0. The van der Waals surface area contributed by atoms with E-state index in [4.69, 9.17) is 0 Å². The number of aliphatic imine (C=N–C) groups is 1. The van der Waals surface area contributed by atoms with Gasteiger partial charge in [0.2, 0.25) is 0 Å². The number of hydrogen-bond acceptors (Lipinski definition) is 2. The van der Waals surface area contributed by atoms with Crippen LogP contribution in [0.15, 0.2) is 23.2 Å². The van der Waals surface area contributed by atoms with Crippen LogP contribution in [0.25, 0.3) is 0 Å². The maximum atomic E-state index is 14.0. The lowest BCUT2D eigenvalue weighted by Crippen LogP contribution is -2.43. The Morgan fingerprint density at radius 1 is 1.36 bits per heavy atom. The third-order valence-corrected chi connectivity index (χ3v) is 4.07. The van der Waals surface area contributed by atoms with Crippen LogP contribution in [0.2, 0.25) is 0 Å². The van der Waals surface area contributed by atoms with E-state index in [0.717, 1.165) is 6.42 Å². The highest BCUT2D eigenvalue weighted by Gasteiger charge is 2.33. The van der Waals surface area contributed by atoms with Gasteiger partial charge in [0, 0.05) is 25.2 Å². The number of halogens is 2. The van der Waals surface area contributed by atoms with Crippen molar-refractivity contribution >= 4 is 5.96 Å². The van der Waals surface area contributed by atoms with Gasteiger partial charge in [0.1, 0.15) is 11.6 Å². The summed E-state index contributed by atoms with van der Waals surface area (Å²) in [6.45, 7) is 2.54. The van der Waals surface area contributed by atoms with E-state index in [1.807, 2.05) is 0 Å². The monoisotopic (exact) mass is 310 g/mol. The van der Waals surface area contributed by atoms with E-state index in [2.05, 4.69) is 22.5 Å². The summed E-state index contributed by atoms with van der Waals surface area (Å²) in [5, 5.41) is 6.46. The Hall–Kier alpha value is -1.69. The number of nitrogens with zero attached hydrogens (tertiary/aromatic N) is 2. The van der Waals surface area contributed by atoms with Crippen LogP contribution in [0.5, 0.6) is 0 Å². The minimum atomic E-state index is -0.528. The fourth-order valence-electron chi connectivity index (χ4n) is 2.46. The quantitative estimate of drug-likeness (QED) is 0.646.